The Kier molecular flexibility index (Phi) is 2.96. The summed E-state index contributed by atoms with van der Waals surface area (Å²) in [6.45, 7) is 0. The minimum absolute atomic E-state index is 0.233. The average molecular weight is 311 g/mol. The van der Waals surface area contributed by atoms with Gasteiger partial charge in [0.25, 0.3) is 0 Å². The Labute approximate surface area is 102 Å². The SMILES string of the molecule is O=S(=O)(Nc1cc(Cl)ccc1Br)C1CC1. The van der Waals surface area contributed by atoms with Gasteiger partial charge < -0.3 is 0 Å². The molecule has 1 saturated carbocycles. The minimum atomic E-state index is -3.22. The molecule has 1 aliphatic rings. The van der Waals surface area contributed by atoms with Crippen LogP contribution < -0.4 is 4.72 Å². The van der Waals surface area contributed by atoms with Gasteiger partial charge in [0, 0.05) is 9.50 Å². The largest absolute Gasteiger partial charge is 0.282 e. The van der Waals surface area contributed by atoms with Gasteiger partial charge in [-0.1, -0.05) is 11.6 Å². The van der Waals surface area contributed by atoms with Gasteiger partial charge >= 0.3 is 0 Å². The molecule has 0 radical (unpaired) electrons. The van der Waals surface area contributed by atoms with Crippen LogP contribution in [0.3, 0.4) is 0 Å². The normalized spacial score (nSPS) is 16.4. The Balaban J connectivity index is 2.27. The van der Waals surface area contributed by atoms with E-state index in [9.17, 15) is 8.42 Å². The lowest BCUT2D eigenvalue weighted by Crippen LogP contribution is -2.17. The number of benzene rings is 1. The average Bonchev–Trinajstić information content (AvgIpc) is 2.93. The van der Waals surface area contributed by atoms with Crippen molar-refractivity contribution in [2.24, 2.45) is 0 Å². The predicted octanol–water partition coefficient (Wildman–Crippen LogP) is 3.01. The van der Waals surface area contributed by atoms with E-state index >= 15 is 0 Å². The van der Waals surface area contributed by atoms with Crippen molar-refractivity contribution in [3.05, 3.63) is 27.7 Å². The summed E-state index contributed by atoms with van der Waals surface area (Å²) in [6, 6.07) is 5.00. The molecule has 1 aliphatic carbocycles. The number of sulfonamides is 1. The third kappa shape index (κ3) is 2.65. The summed E-state index contributed by atoms with van der Waals surface area (Å²) in [6.07, 6.45) is 1.49. The number of hydrogen-bond donors (Lipinski definition) is 1. The Morgan fingerprint density at radius 2 is 2.07 bits per heavy atom. The van der Waals surface area contributed by atoms with Gasteiger partial charge in [0.15, 0.2) is 0 Å². The summed E-state index contributed by atoms with van der Waals surface area (Å²) < 4.78 is 26.5. The monoisotopic (exact) mass is 309 g/mol. The van der Waals surface area contributed by atoms with E-state index in [1.807, 2.05) is 0 Å². The number of nitrogens with one attached hydrogen (secondary N) is 1. The van der Waals surface area contributed by atoms with Crippen molar-refractivity contribution >= 4 is 43.2 Å². The first-order chi connectivity index (χ1) is 6.99. The van der Waals surface area contributed by atoms with Gasteiger partial charge in [0.05, 0.1) is 10.9 Å². The quantitative estimate of drug-likeness (QED) is 0.933. The summed E-state index contributed by atoms with van der Waals surface area (Å²) in [7, 11) is -3.22. The molecule has 15 heavy (non-hydrogen) atoms. The fourth-order valence-electron chi connectivity index (χ4n) is 1.19. The van der Waals surface area contributed by atoms with E-state index in [0.717, 1.165) is 12.8 Å². The van der Waals surface area contributed by atoms with Gasteiger partial charge in [0.1, 0.15) is 0 Å². The Bertz CT molecular complexity index is 485. The third-order valence-corrected chi connectivity index (χ3v) is 4.92. The number of hydrogen-bond acceptors (Lipinski definition) is 2. The number of rotatable bonds is 3. The van der Waals surface area contributed by atoms with E-state index in [2.05, 4.69) is 20.7 Å². The fourth-order valence-corrected chi connectivity index (χ4v) is 3.24. The second-order valence-electron chi connectivity index (χ2n) is 3.47. The molecule has 0 amide bonds. The zero-order valence-electron chi connectivity index (χ0n) is 7.70. The maximum Gasteiger partial charge on any atom is 0.235 e. The van der Waals surface area contributed by atoms with E-state index < -0.39 is 10.0 Å². The Morgan fingerprint density at radius 3 is 2.67 bits per heavy atom. The standard InChI is InChI=1S/C9H9BrClNO2S/c10-8-4-1-6(11)5-9(8)12-15(13,14)7-2-3-7/h1,4-5,7,12H,2-3H2. The van der Waals surface area contributed by atoms with Crippen molar-refractivity contribution in [2.45, 2.75) is 18.1 Å². The van der Waals surface area contributed by atoms with Gasteiger partial charge in [-0.15, -0.1) is 0 Å². The van der Waals surface area contributed by atoms with Gasteiger partial charge in [-0.05, 0) is 47.0 Å². The third-order valence-electron chi connectivity index (χ3n) is 2.14. The van der Waals surface area contributed by atoms with Gasteiger partial charge in [-0.25, -0.2) is 8.42 Å². The van der Waals surface area contributed by atoms with Gasteiger partial charge in [0.2, 0.25) is 10.0 Å². The highest BCUT2D eigenvalue weighted by atomic mass is 79.9. The lowest BCUT2D eigenvalue weighted by molar-refractivity contribution is 0.600. The molecule has 1 N–H and O–H groups in total. The molecule has 0 unspecified atom stereocenters. The fraction of sp³-hybridized carbons (Fsp3) is 0.333. The highest BCUT2D eigenvalue weighted by molar-refractivity contribution is 9.10. The molecule has 0 aliphatic heterocycles. The Hall–Kier alpha value is -0.260. The van der Waals surface area contributed by atoms with Crippen LogP contribution in [0.5, 0.6) is 0 Å². The minimum Gasteiger partial charge on any atom is -0.282 e. The number of anilines is 1. The zero-order valence-corrected chi connectivity index (χ0v) is 10.9. The molecule has 6 heteroatoms. The highest BCUT2D eigenvalue weighted by Gasteiger charge is 2.35. The smallest absolute Gasteiger partial charge is 0.235 e. The second-order valence-corrected chi connectivity index (χ2v) is 6.72. The summed E-state index contributed by atoms with van der Waals surface area (Å²) in [5.74, 6) is 0. The maximum atomic E-state index is 11.7. The van der Waals surface area contributed by atoms with Crippen LogP contribution in [0.1, 0.15) is 12.8 Å². The van der Waals surface area contributed by atoms with Crippen LogP contribution in [-0.2, 0) is 10.0 Å². The van der Waals surface area contributed by atoms with Gasteiger partial charge in [-0.3, -0.25) is 4.72 Å². The molecule has 82 valence electrons. The number of halogens is 2. The lowest BCUT2D eigenvalue weighted by Gasteiger charge is -2.08. The first-order valence-electron chi connectivity index (χ1n) is 4.46. The van der Waals surface area contributed by atoms with Gasteiger partial charge in [-0.2, -0.15) is 0 Å². The predicted molar refractivity (Wildman–Crippen MR) is 64.7 cm³/mol. The molecular weight excluding hydrogens is 302 g/mol. The summed E-state index contributed by atoms with van der Waals surface area (Å²) in [5, 5.41) is 0.273. The van der Waals surface area contributed by atoms with Crippen LogP contribution in [0, 0.1) is 0 Å². The zero-order chi connectivity index (χ0) is 11.1. The molecular formula is C9H9BrClNO2S. The van der Waals surface area contributed by atoms with Crippen LogP contribution in [0.15, 0.2) is 22.7 Å². The van der Waals surface area contributed by atoms with Crippen LogP contribution in [0.2, 0.25) is 5.02 Å². The van der Waals surface area contributed by atoms with E-state index in [-0.39, 0.29) is 5.25 Å². The van der Waals surface area contributed by atoms with E-state index in [4.69, 9.17) is 11.6 Å². The Morgan fingerprint density at radius 1 is 1.40 bits per heavy atom. The van der Waals surface area contributed by atoms with E-state index in [1.54, 1.807) is 18.2 Å². The summed E-state index contributed by atoms with van der Waals surface area (Å²) >= 11 is 9.05. The molecule has 3 nitrogen and oxygen atoms in total. The van der Waals surface area contributed by atoms with Crippen LogP contribution in [-0.4, -0.2) is 13.7 Å². The van der Waals surface area contributed by atoms with E-state index in [0.29, 0.717) is 15.2 Å². The first kappa shape index (κ1) is 11.2. The molecule has 0 heterocycles. The topological polar surface area (TPSA) is 46.2 Å². The maximum absolute atomic E-state index is 11.7. The molecule has 0 aromatic heterocycles. The summed E-state index contributed by atoms with van der Waals surface area (Å²) in [5.41, 5.74) is 0.495. The van der Waals surface area contributed by atoms with Crippen molar-refractivity contribution < 1.29 is 8.42 Å². The van der Waals surface area contributed by atoms with Crippen molar-refractivity contribution in [3.63, 3.8) is 0 Å². The second kappa shape index (κ2) is 3.96. The molecule has 1 aromatic rings. The first-order valence-corrected chi connectivity index (χ1v) is 7.17. The molecule has 1 aromatic carbocycles. The molecule has 0 saturated heterocycles. The van der Waals surface area contributed by atoms with Crippen molar-refractivity contribution in [1.82, 2.24) is 0 Å². The summed E-state index contributed by atoms with van der Waals surface area (Å²) in [4.78, 5) is 0. The van der Waals surface area contributed by atoms with Crippen molar-refractivity contribution in [3.8, 4) is 0 Å². The van der Waals surface area contributed by atoms with Crippen LogP contribution >= 0.6 is 27.5 Å². The highest BCUT2D eigenvalue weighted by Crippen LogP contribution is 2.32. The van der Waals surface area contributed by atoms with E-state index in [1.165, 1.54) is 0 Å². The molecule has 1 fully saturated rings. The van der Waals surface area contributed by atoms with Crippen LogP contribution in [0.4, 0.5) is 5.69 Å². The van der Waals surface area contributed by atoms with Crippen LogP contribution in [0.25, 0.3) is 0 Å². The lowest BCUT2D eigenvalue weighted by atomic mass is 10.3. The molecule has 0 spiro atoms. The van der Waals surface area contributed by atoms with Crippen molar-refractivity contribution in [1.29, 1.82) is 0 Å². The molecule has 0 bridgehead atoms. The molecule has 2 rings (SSSR count). The molecule has 0 atom stereocenters. The van der Waals surface area contributed by atoms with Crippen molar-refractivity contribution in [2.75, 3.05) is 4.72 Å².